The smallest absolute Gasteiger partial charge is 0.143 e. The Balaban J connectivity index is 0.934. The summed E-state index contributed by atoms with van der Waals surface area (Å²) in [5, 5.41) is 14.1. The molecular formula is C78H47NO2. The molecule has 3 nitrogen and oxygen atoms in total. The van der Waals surface area contributed by atoms with Crippen LogP contribution < -0.4 is 0 Å². The first-order valence-corrected chi connectivity index (χ1v) is 27.8. The number of benzene rings is 14. The normalized spacial score (nSPS) is 12.0. The molecule has 0 saturated carbocycles. The summed E-state index contributed by atoms with van der Waals surface area (Å²) in [6, 6.07) is 104. The molecule has 81 heavy (non-hydrogen) atoms. The van der Waals surface area contributed by atoms with E-state index in [2.05, 4.69) is 290 Å². The second-order valence-electron chi connectivity index (χ2n) is 21.5. The average molecular weight is 1030 g/mol. The third-order valence-corrected chi connectivity index (χ3v) is 16.9. The van der Waals surface area contributed by atoms with Gasteiger partial charge in [-0.25, -0.2) is 0 Å². The Morgan fingerprint density at radius 1 is 0.198 bits per heavy atom. The molecule has 3 aromatic heterocycles. The van der Waals surface area contributed by atoms with Crippen LogP contribution in [0, 0.1) is 0 Å². The summed E-state index contributed by atoms with van der Waals surface area (Å²) in [5.74, 6) is 0. The van der Waals surface area contributed by atoms with E-state index < -0.39 is 0 Å². The average Bonchev–Trinajstić information content (AvgIpc) is 4.22. The number of aromatic nitrogens is 1. The highest BCUT2D eigenvalue weighted by molar-refractivity contribution is 6.26. The predicted molar refractivity (Wildman–Crippen MR) is 340 cm³/mol. The Hall–Kier alpha value is -10.7. The fourth-order valence-corrected chi connectivity index (χ4v) is 13.1. The van der Waals surface area contributed by atoms with Crippen LogP contribution in [0.3, 0.4) is 0 Å². The molecule has 3 heterocycles. The lowest BCUT2D eigenvalue weighted by Gasteiger charge is -2.14. The summed E-state index contributed by atoms with van der Waals surface area (Å²) in [7, 11) is 0. The van der Waals surface area contributed by atoms with E-state index in [1.54, 1.807) is 0 Å². The van der Waals surface area contributed by atoms with Crippen molar-refractivity contribution in [1.29, 1.82) is 0 Å². The van der Waals surface area contributed by atoms with Crippen LogP contribution in [0.5, 0.6) is 0 Å². The molecule has 376 valence electrons. The van der Waals surface area contributed by atoms with Gasteiger partial charge in [0.15, 0.2) is 0 Å². The van der Waals surface area contributed by atoms with Crippen molar-refractivity contribution in [2.45, 2.75) is 0 Å². The molecule has 0 radical (unpaired) electrons. The SMILES string of the molecule is c1ccc(-c2ccc3oc4c(-c5ccc6c(c5)c5cc(-c7cc(-c8ccccc8)cc8c7oc7ccc(-c9ccccc9)cc78)ccc5n6-c5ccc6c7ccccc7c7ccccc7c6c5)cc(-c5ccccc5)cc4c3c2)cc1. The zero-order chi connectivity index (χ0) is 53.1. The molecule has 0 bridgehead atoms. The van der Waals surface area contributed by atoms with E-state index in [-0.39, 0.29) is 0 Å². The second kappa shape index (κ2) is 17.9. The molecule has 0 N–H and O–H groups in total. The lowest BCUT2D eigenvalue weighted by molar-refractivity contribution is 0.669. The number of hydrogen-bond acceptors (Lipinski definition) is 2. The Morgan fingerprint density at radius 3 is 0.975 bits per heavy atom. The molecule has 0 aliphatic rings. The largest absolute Gasteiger partial charge is 0.455 e. The quantitative estimate of drug-likeness (QED) is 0.149. The number of fused-ring (bicyclic) bond motifs is 15. The summed E-state index contributed by atoms with van der Waals surface area (Å²) in [6.07, 6.45) is 0. The molecule has 0 atom stereocenters. The number of furan rings is 2. The van der Waals surface area contributed by atoms with Crippen molar-refractivity contribution in [2.75, 3.05) is 0 Å². The van der Waals surface area contributed by atoms with Gasteiger partial charge in [-0.15, -0.1) is 0 Å². The summed E-state index contributed by atoms with van der Waals surface area (Å²) in [5.41, 5.74) is 20.3. The number of hydrogen-bond donors (Lipinski definition) is 0. The third-order valence-electron chi connectivity index (χ3n) is 16.9. The fraction of sp³-hybridized carbons (Fsp3) is 0. The van der Waals surface area contributed by atoms with E-state index in [0.29, 0.717) is 0 Å². The summed E-state index contributed by atoms with van der Waals surface area (Å²) < 4.78 is 16.5. The Bertz CT molecular complexity index is 5080. The highest BCUT2D eigenvalue weighted by Crippen LogP contribution is 2.47. The summed E-state index contributed by atoms with van der Waals surface area (Å²) >= 11 is 0. The summed E-state index contributed by atoms with van der Waals surface area (Å²) in [4.78, 5) is 0. The first-order valence-electron chi connectivity index (χ1n) is 27.8. The van der Waals surface area contributed by atoms with Crippen molar-refractivity contribution < 1.29 is 8.83 Å². The van der Waals surface area contributed by atoms with E-state index in [4.69, 9.17) is 8.83 Å². The van der Waals surface area contributed by atoms with Crippen molar-refractivity contribution in [1.82, 2.24) is 4.57 Å². The molecule has 0 amide bonds. The third kappa shape index (κ3) is 7.22. The molecule has 0 aliphatic carbocycles. The first-order chi connectivity index (χ1) is 40.1. The van der Waals surface area contributed by atoms with E-state index in [0.717, 1.165) is 127 Å². The van der Waals surface area contributed by atoms with Gasteiger partial charge in [0.2, 0.25) is 0 Å². The molecule has 17 rings (SSSR count). The molecule has 14 aromatic carbocycles. The minimum atomic E-state index is 0.862. The molecule has 0 saturated heterocycles. The second-order valence-corrected chi connectivity index (χ2v) is 21.5. The van der Waals surface area contributed by atoms with Crippen molar-refractivity contribution >= 4 is 98.0 Å². The van der Waals surface area contributed by atoms with E-state index in [9.17, 15) is 0 Å². The van der Waals surface area contributed by atoms with E-state index in [1.807, 2.05) is 0 Å². The highest BCUT2D eigenvalue weighted by atomic mass is 16.3. The van der Waals surface area contributed by atoms with Crippen molar-refractivity contribution in [3.63, 3.8) is 0 Å². The Morgan fingerprint density at radius 2 is 0.543 bits per heavy atom. The van der Waals surface area contributed by atoms with Gasteiger partial charge in [0.1, 0.15) is 22.3 Å². The van der Waals surface area contributed by atoms with Crippen LogP contribution in [-0.2, 0) is 0 Å². The van der Waals surface area contributed by atoms with Crippen LogP contribution in [0.15, 0.2) is 294 Å². The maximum Gasteiger partial charge on any atom is 0.143 e. The maximum atomic E-state index is 7.01. The number of rotatable bonds is 7. The van der Waals surface area contributed by atoms with Crippen molar-refractivity contribution in [2.24, 2.45) is 0 Å². The standard InChI is InChI=1S/C78H47NO2/c1-5-17-48(18-6-1)52-31-37-75-69(39-52)71-45-56(50-21-9-3-10-22-50)43-64(77(71)80-75)54-29-35-73-67(41-54)68-42-55(30-36-74(68)79(73)58-33-34-63-61-27-14-13-25-59(61)60-26-15-16-28-62(60)66(63)47-58)65-44-57(51-23-11-4-12-24-51)46-72-70-40-53(49-19-7-2-8-20-49)32-38-76(70)81-78(65)72/h1-47H. The first kappa shape index (κ1) is 45.3. The van der Waals surface area contributed by atoms with Crippen LogP contribution in [0.1, 0.15) is 0 Å². The van der Waals surface area contributed by atoms with Gasteiger partial charge >= 0.3 is 0 Å². The fourth-order valence-electron chi connectivity index (χ4n) is 13.1. The van der Waals surface area contributed by atoms with Crippen LogP contribution in [-0.4, -0.2) is 4.57 Å². The van der Waals surface area contributed by atoms with Crippen LogP contribution >= 0.6 is 0 Å². The Labute approximate surface area is 466 Å². The van der Waals surface area contributed by atoms with Gasteiger partial charge < -0.3 is 13.4 Å². The van der Waals surface area contributed by atoms with Crippen molar-refractivity contribution in [3.05, 3.63) is 285 Å². The van der Waals surface area contributed by atoms with Crippen LogP contribution in [0.25, 0.3) is 170 Å². The predicted octanol–water partition coefficient (Wildman–Crippen LogP) is 22.0. The lowest BCUT2D eigenvalue weighted by atomic mass is 9.93. The monoisotopic (exact) mass is 1030 g/mol. The van der Waals surface area contributed by atoms with Gasteiger partial charge in [-0.3, -0.25) is 0 Å². The molecule has 17 aromatic rings. The highest BCUT2D eigenvalue weighted by Gasteiger charge is 2.22. The van der Waals surface area contributed by atoms with Gasteiger partial charge in [0.25, 0.3) is 0 Å². The molecule has 0 fully saturated rings. The van der Waals surface area contributed by atoms with Gasteiger partial charge in [-0.2, -0.15) is 0 Å². The van der Waals surface area contributed by atoms with Gasteiger partial charge in [0.05, 0.1) is 11.0 Å². The minimum absolute atomic E-state index is 0.862. The lowest BCUT2D eigenvalue weighted by Crippen LogP contribution is -1.95. The maximum absolute atomic E-state index is 7.01. The van der Waals surface area contributed by atoms with E-state index >= 15 is 0 Å². The zero-order valence-corrected chi connectivity index (χ0v) is 43.9. The number of nitrogens with zero attached hydrogens (tertiary/aromatic N) is 1. The molecular weight excluding hydrogens is 983 g/mol. The van der Waals surface area contributed by atoms with Gasteiger partial charge in [-0.05, 0) is 173 Å². The molecule has 0 aliphatic heterocycles. The zero-order valence-electron chi connectivity index (χ0n) is 43.9. The topological polar surface area (TPSA) is 31.2 Å². The Kier molecular flexibility index (Phi) is 10.0. The molecule has 0 spiro atoms. The van der Waals surface area contributed by atoms with Gasteiger partial charge in [-0.1, -0.05) is 200 Å². The van der Waals surface area contributed by atoms with E-state index in [1.165, 1.54) is 43.4 Å². The van der Waals surface area contributed by atoms with Crippen LogP contribution in [0.4, 0.5) is 0 Å². The van der Waals surface area contributed by atoms with Crippen LogP contribution in [0.2, 0.25) is 0 Å². The van der Waals surface area contributed by atoms with Gasteiger partial charge in [0, 0.05) is 49.1 Å². The van der Waals surface area contributed by atoms with Crippen molar-refractivity contribution in [3.8, 4) is 72.4 Å². The minimum Gasteiger partial charge on any atom is -0.455 e. The summed E-state index contributed by atoms with van der Waals surface area (Å²) in [6.45, 7) is 0. The molecule has 3 heteroatoms. The molecule has 0 unspecified atom stereocenters.